The van der Waals surface area contributed by atoms with Crippen LogP contribution in [0.1, 0.15) is 57.4 Å². The third-order valence-electron chi connectivity index (χ3n) is 14.4. The molecule has 3 saturated heterocycles. The average Bonchev–Trinajstić information content (AvgIpc) is 1.86. The highest BCUT2D eigenvalue weighted by Gasteiger charge is 2.42. The first kappa shape index (κ1) is 74.7. The summed E-state index contributed by atoms with van der Waals surface area (Å²) in [7, 11) is 3.56. The molecule has 11 atom stereocenters. The average molecular weight is 1360 g/mol. The van der Waals surface area contributed by atoms with Crippen LogP contribution in [0.3, 0.4) is 0 Å². The maximum absolute atomic E-state index is 14.7. The molecule has 39 heteroatoms. The summed E-state index contributed by atoms with van der Waals surface area (Å²) in [5, 5.41) is 52.1. The van der Waals surface area contributed by atoms with Crippen LogP contribution in [0.4, 0.5) is 0 Å². The lowest BCUT2D eigenvalue weighted by molar-refractivity contribution is -0.355. The van der Waals surface area contributed by atoms with Crippen LogP contribution in [0.2, 0.25) is 0 Å². The fourth-order valence-electron chi connectivity index (χ4n) is 9.54. The highest BCUT2D eigenvalue weighted by Crippen LogP contribution is 2.27. The van der Waals surface area contributed by atoms with Gasteiger partial charge in [0.2, 0.25) is 65.0 Å². The maximum atomic E-state index is 14.7. The minimum atomic E-state index is -1.93. The van der Waals surface area contributed by atoms with Crippen LogP contribution in [0.25, 0.3) is 10.9 Å². The number of carboxylic acid groups (broad SMARTS) is 1. The Morgan fingerprint density at radius 2 is 1.18 bits per heavy atom. The van der Waals surface area contributed by atoms with E-state index in [0.29, 0.717) is 16.5 Å². The molecule has 0 unspecified atom stereocenters. The van der Waals surface area contributed by atoms with Crippen molar-refractivity contribution in [1.29, 1.82) is 0 Å². The highest BCUT2D eigenvalue weighted by atomic mass is 33.1. The standard InChI is InChI=1S/C52H82N20O15S4/c1-24-41(78)66-30(15-25-18-61-27-8-3-2-7-26(25)27)44(81)64-28(9-4-12-59-51(55)56)42(79)69-33(40(54)77)20-88-90-23-36-48(85)68-32(19-73)45(82)67-31(16-39(75)76)50(87)72-14-6-11-37(72)49(86)65-29(10-5-13-60-52(57)58)43(80)70-35(46(83)62-24)22-91-89-21-34(47(84)71-36)63-38(74)17-53/h2-3,7-8,18,24,28-37,51-52,59-61,73H,4-6,9-17,19-23,53,55-58H2,1H3,(H2,54,77)(H,62,83)(H,63,74)(H,64,81)(H,65,86)(H,66,78)(H,67,82)(H,68,85)(H,69,79)(H,70,80)(H,71,84)(H,75,76)/p+1/t24-,28-,29-,30-,31-,32-,33-,34-,35-,36-,37-/m0/s1. The summed E-state index contributed by atoms with van der Waals surface area (Å²) in [6.45, 7) is -0.0913. The summed E-state index contributed by atoms with van der Waals surface area (Å²) in [4.78, 5) is 186. The molecule has 28 N–H and O–H groups in total. The number of hydrogen-bond acceptors (Lipinski definition) is 24. The fourth-order valence-corrected chi connectivity index (χ4v) is 14.2. The van der Waals surface area contributed by atoms with E-state index in [1.807, 2.05) is 0 Å². The van der Waals surface area contributed by atoms with Crippen LogP contribution in [0.5, 0.6) is 0 Å². The number of carbonyl (C=O) groups excluding carboxylic acids is 12. The molecule has 4 heterocycles. The Labute approximate surface area is 538 Å². The van der Waals surface area contributed by atoms with E-state index >= 15 is 0 Å². The van der Waals surface area contributed by atoms with Gasteiger partial charge in [0.05, 0.1) is 13.0 Å². The van der Waals surface area contributed by atoms with Crippen molar-refractivity contribution in [3.63, 3.8) is 0 Å². The molecule has 3 fully saturated rings. The van der Waals surface area contributed by atoms with Crippen molar-refractivity contribution >= 4 is 131 Å². The summed E-state index contributed by atoms with van der Waals surface area (Å²) >= 11 is 0. The molecule has 1 aromatic heterocycles. The van der Waals surface area contributed by atoms with Crippen molar-refractivity contribution in [3.8, 4) is 0 Å². The molecule has 3 aliphatic rings. The van der Waals surface area contributed by atoms with Gasteiger partial charge in [-0.2, -0.15) is 0 Å². The summed E-state index contributed by atoms with van der Waals surface area (Å²) in [6.07, 6.45) is -1.30. The number of H-pyrrole nitrogens is 1. The van der Waals surface area contributed by atoms with Gasteiger partial charge in [-0.05, 0) is 70.2 Å². The quantitative estimate of drug-likeness (QED) is 0.0374. The normalized spacial score (nSPS) is 26.4. The third kappa shape index (κ3) is 23.9. The van der Waals surface area contributed by atoms with E-state index in [-0.39, 0.29) is 88.4 Å². The lowest BCUT2D eigenvalue weighted by atomic mass is 10.0. The SMILES string of the molecule is C[C@@H]1NC(=O)[C@@H]2CSSC[C@H](NC(=O)C[NH3+])C(=O)N[C@@H](CSSC[C@@H](C(N)=O)NC(=O)[C@H](CCCNC(N)N)NC(=O)[C@H](Cc3c[nH]c4ccccc34)NC1=O)C(=O)N[C@@H](CO)C(=O)N[C@@H](CC(=O)O)C(=O)N1CCC[C@H]1C(=O)N[C@@H](CCCNC(N)N)C(=O)N2. The highest BCUT2D eigenvalue weighted by molar-refractivity contribution is 8.77. The Bertz CT molecular complexity index is 2910. The van der Waals surface area contributed by atoms with Gasteiger partial charge in [-0.1, -0.05) is 61.4 Å². The van der Waals surface area contributed by atoms with Crippen molar-refractivity contribution < 1.29 is 78.3 Å². The van der Waals surface area contributed by atoms with E-state index in [0.717, 1.165) is 48.1 Å². The molecular formula is C52H83N20O15S4+. The van der Waals surface area contributed by atoms with E-state index in [1.54, 1.807) is 30.5 Å². The van der Waals surface area contributed by atoms with E-state index in [4.69, 9.17) is 28.7 Å². The third-order valence-corrected chi connectivity index (χ3v) is 19.3. The van der Waals surface area contributed by atoms with Gasteiger partial charge < -0.3 is 108 Å². The van der Waals surface area contributed by atoms with Crippen LogP contribution in [0, 0.1) is 0 Å². The topological polar surface area (TPSA) is 583 Å². The van der Waals surface area contributed by atoms with E-state index in [9.17, 15) is 72.5 Å². The number of aliphatic carboxylic acids is 1. The molecule has 504 valence electrons. The number of carbonyl (C=O) groups is 13. The van der Waals surface area contributed by atoms with Crippen LogP contribution in [-0.2, 0) is 68.7 Å². The number of aromatic amines is 1. The van der Waals surface area contributed by atoms with Crippen molar-refractivity contribution in [2.24, 2.45) is 28.7 Å². The molecular weight excluding hydrogens is 1270 g/mol. The zero-order valence-corrected chi connectivity index (χ0v) is 53.1. The largest absolute Gasteiger partial charge is 0.481 e. The summed E-state index contributed by atoms with van der Waals surface area (Å²) in [5.74, 6) is -14.7. The van der Waals surface area contributed by atoms with E-state index in [1.165, 1.54) is 6.92 Å². The zero-order chi connectivity index (χ0) is 66.9. The zero-order valence-electron chi connectivity index (χ0n) is 49.8. The number of carboxylic acids is 1. The van der Waals surface area contributed by atoms with Gasteiger partial charge in [-0.15, -0.1) is 0 Å². The van der Waals surface area contributed by atoms with Crippen molar-refractivity contribution in [3.05, 3.63) is 36.0 Å². The minimum Gasteiger partial charge on any atom is -0.481 e. The molecule has 0 radical (unpaired) electrons. The van der Waals surface area contributed by atoms with Crippen LogP contribution >= 0.6 is 43.2 Å². The van der Waals surface area contributed by atoms with Gasteiger partial charge in [0, 0.05) is 53.1 Å². The molecule has 0 spiro atoms. The monoisotopic (exact) mass is 1360 g/mol. The first-order valence-corrected chi connectivity index (χ1v) is 34.0. The number of aromatic nitrogens is 1. The number of benzene rings is 1. The summed E-state index contributed by atoms with van der Waals surface area (Å²) < 4.78 is 0. The number of primary amides is 1. The van der Waals surface area contributed by atoms with Gasteiger partial charge in [0.1, 0.15) is 79.0 Å². The van der Waals surface area contributed by atoms with E-state index in [2.05, 4.69) is 74.5 Å². The Morgan fingerprint density at radius 1 is 0.648 bits per heavy atom. The number of nitrogens with zero attached hydrogens (tertiary/aromatic N) is 1. The van der Waals surface area contributed by atoms with Gasteiger partial charge in [0.25, 0.3) is 5.91 Å². The number of nitrogens with one attached hydrogen (secondary N) is 13. The van der Waals surface area contributed by atoms with Crippen LogP contribution in [-0.4, -0.2) is 232 Å². The minimum absolute atomic E-state index is 0.00224. The molecule has 0 aliphatic carbocycles. The number of hydrogen-bond donors (Lipinski definition) is 21. The smallest absolute Gasteiger partial charge is 0.305 e. The second-order valence-corrected chi connectivity index (χ2v) is 26.5. The molecule has 5 rings (SSSR count). The molecule has 2 aromatic rings. The van der Waals surface area contributed by atoms with E-state index < -0.39 is 175 Å². The number of nitrogens with two attached hydrogens (primary N) is 5. The van der Waals surface area contributed by atoms with Gasteiger partial charge >= 0.3 is 5.97 Å². The number of fused-ring (bicyclic) bond motifs is 10. The number of aliphatic hydroxyl groups is 1. The van der Waals surface area contributed by atoms with Crippen LogP contribution in [0.15, 0.2) is 30.5 Å². The number of quaternary nitrogens is 1. The lowest BCUT2D eigenvalue weighted by Gasteiger charge is -2.30. The molecule has 91 heavy (non-hydrogen) atoms. The van der Waals surface area contributed by atoms with Crippen molar-refractivity contribution in [1.82, 2.24) is 73.7 Å². The van der Waals surface area contributed by atoms with Crippen LogP contribution < -0.4 is 98.2 Å². The predicted molar refractivity (Wildman–Crippen MR) is 337 cm³/mol. The maximum Gasteiger partial charge on any atom is 0.305 e. The molecule has 2 bridgehead atoms. The lowest BCUT2D eigenvalue weighted by Crippen LogP contribution is -2.62. The van der Waals surface area contributed by atoms with Crippen molar-refractivity contribution in [2.75, 3.05) is 55.8 Å². The first-order valence-electron chi connectivity index (χ1n) is 29.1. The molecule has 3 aliphatic heterocycles. The molecule has 1 aromatic carbocycles. The molecule has 35 nitrogen and oxygen atoms in total. The predicted octanol–water partition coefficient (Wildman–Crippen LogP) is -9.30. The molecule has 12 amide bonds. The first-order chi connectivity index (χ1) is 43.3. The summed E-state index contributed by atoms with van der Waals surface area (Å²) in [6, 6.07) is -10.2. The molecule has 0 saturated carbocycles. The second-order valence-electron chi connectivity index (χ2n) is 21.4. The number of aliphatic hydroxyl groups excluding tert-OH is 1. The van der Waals surface area contributed by atoms with Crippen molar-refractivity contribution in [2.45, 2.75) is 137 Å². The number of amides is 12. The Hall–Kier alpha value is -7.05. The summed E-state index contributed by atoms with van der Waals surface area (Å²) in [5.41, 5.74) is 33.4. The number of rotatable bonds is 18. The fraction of sp³-hybridized carbons (Fsp3) is 0.596. The Kier molecular flexibility index (Phi) is 30.7. The van der Waals surface area contributed by atoms with Gasteiger partial charge in [-0.25, -0.2) is 0 Å². The Morgan fingerprint density at radius 3 is 1.78 bits per heavy atom. The van der Waals surface area contributed by atoms with Gasteiger partial charge in [0.15, 0.2) is 6.54 Å². The van der Waals surface area contributed by atoms with Gasteiger partial charge in [-0.3, -0.25) is 73.0 Å². The number of para-hydroxylation sites is 1. The second kappa shape index (κ2) is 37.5. The Balaban J connectivity index is 1.65.